The molecule has 2 nitrogen and oxygen atoms in total. The van der Waals surface area contributed by atoms with Crippen LogP contribution in [0.3, 0.4) is 0 Å². The van der Waals surface area contributed by atoms with Crippen LogP contribution >= 0.6 is 0 Å². The maximum absolute atomic E-state index is 5.74. The zero-order valence-corrected chi connectivity index (χ0v) is 9.24. The second-order valence-electron chi connectivity index (χ2n) is 4.18. The molecule has 0 amide bonds. The molecule has 2 heteroatoms. The molecule has 1 heterocycles. The minimum absolute atomic E-state index is 0.667. The van der Waals surface area contributed by atoms with Crippen LogP contribution in [0.25, 0.3) is 0 Å². The monoisotopic (exact) mass is 206 g/mol. The SMILES string of the molecule is Cc1ccc(OCC2CCOCC2)cc1. The van der Waals surface area contributed by atoms with Crippen molar-refractivity contribution in [1.82, 2.24) is 0 Å². The molecular formula is C13H18O2. The smallest absolute Gasteiger partial charge is 0.119 e. The van der Waals surface area contributed by atoms with Gasteiger partial charge in [0.25, 0.3) is 0 Å². The third kappa shape index (κ3) is 3.24. The third-order valence-electron chi connectivity index (χ3n) is 2.85. The van der Waals surface area contributed by atoms with Gasteiger partial charge in [-0.2, -0.15) is 0 Å². The Morgan fingerprint density at radius 3 is 2.53 bits per heavy atom. The fraction of sp³-hybridized carbons (Fsp3) is 0.538. The molecule has 1 saturated heterocycles. The lowest BCUT2D eigenvalue weighted by Crippen LogP contribution is -2.21. The summed E-state index contributed by atoms with van der Waals surface area (Å²) in [7, 11) is 0. The molecular weight excluding hydrogens is 188 g/mol. The van der Waals surface area contributed by atoms with Gasteiger partial charge in [-0.05, 0) is 37.8 Å². The number of hydrogen-bond donors (Lipinski definition) is 0. The molecule has 0 unspecified atom stereocenters. The Kier molecular flexibility index (Phi) is 3.62. The second-order valence-corrected chi connectivity index (χ2v) is 4.18. The fourth-order valence-electron chi connectivity index (χ4n) is 1.76. The van der Waals surface area contributed by atoms with Gasteiger partial charge in [-0.3, -0.25) is 0 Å². The molecule has 2 rings (SSSR count). The van der Waals surface area contributed by atoms with E-state index in [4.69, 9.17) is 9.47 Å². The molecule has 0 radical (unpaired) electrons. The summed E-state index contributed by atoms with van der Waals surface area (Å²) in [6.07, 6.45) is 2.26. The van der Waals surface area contributed by atoms with Crippen LogP contribution in [-0.2, 0) is 4.74 Å². The summed E-state index contributed by atoms with van der Waals surface area (Å²) in [5.74, 6) is 1.65. The van der Waals surface area contributed by atoms with Crippen LogP contribution in [0.5, 0.6) is 5.75 Å². The minimum atomic E-state index is 0.667. The predicted molar refractivity (Wildman–Crippen MR) is 60.2 cm³/mol. The summed E-state index contributed by atoms with van der Waals surface area (Å²) in [5, 5.41) is 0. The lowest BCUT2D eigenvalue weighted by molar-refractivity contribution is 0.0497. The predicted octanol–water partition coefficient (Wildman–Crippen LogP) is 2.80. The highest BCUT2D eigenvalue weighted by Gasteiger charge is 2.14. The summed E-state index contributed by atoms with van der Waals surface area (Å²) in [6, 6.07) is 8.24. The summed E-state index contributed by atoms with van der Waals surface area (Å²) in [6.45, 7) is 4.69. The van der Waals surface area contributed by atoms with Crippen molar-refractivity contribution in [1.29, 1.82) is 0 Å². The molecule has 1 aromatic carbocycles. The molecule has 1 aromatic rings. The van der Waals surface area contributed by atoms with Gasteiger partial charge in [0.2, 0.25) is 0 Å². The Bertz CT molecular complexity index is 286. The van der Waals surface area contributed by atoms with Crippen LogP contribution < -0.4 is 4.74 Å². The van der Waals surface area contributed by atoms with Crippen molar-refractivity contribution in [2.75, 3.05) is 19.8 Å². The average Bonchev–Trinajstić information content (AvgIpc) is 2.30. The molecule has 1 aliphatic heterocycles. The molecule has 1 fully saturated rings. The zero-order valence-electron chi connectivity index (χ0n) is 9.24. The molecule has 0 spiro atoms. The van der Waals surface area contributed by atoms with Crippen molar-refractivity contribution >= 4 is 0 Å². The Morgan fingerprint density at radius 1 is 1.20 bits per heavy atom. The van der Waals surface area contributed by atoms with Gasteiger partial charge in [-0.15, -0.1) is 0 Å². The van der Waals surface area contributed by atoms with E-state index >= 15 is 0 Å². The first-order valence-electron chi connectivity index (χ1n) is 5.62. The summed E-state index contributed by atoms with van der Waals surface area (Å²) in [4.78, 5) is 0. The Morgan fingerprint density at radius 2 is 1.87 bits per heavy atom. The quantitative estimate of drug-likeness (QED) is 0.757. The number of hydrogen-bond acceptors (Lipinski definition) is 2. The highest BCUT2D eigenvalue weighted by molar-refractivity contribution is 5.26. The zero-order chi connectivity index (χ0) is 10.5. The highest BCUT2D eigenvalue weighted by atomic mass is 16.5. The number of aryl methyl sites for hydroxylation is 1. The van der Waals surface area contributed by atoms with Crippen LogP contribution in [0.2, 0.25) is 0 Å². The van der Waals surface area contributed by atoms with Gasteiger partial charge < -0.3 is 9.47 Å². The Labute approximate surface area is 91.2 Å². The topological polar surface area (TPSA) is 18.5 Å². The lowest BCUT2D eigenvalue weighted by atomic mass is 10.0. The number of rotatable bonds is 3. The van der Waals surface area contributed by atoms with E-state index < -0.39 is 0 Å². The first kappa shape index (κ1) is 10.5. The molecule has 15 heavy (non-hydrogen) atoms. The van der Waals surface area contributed by atoms with E-state index in [1.165, 1.54) is 5.56 Å². The van der Waals surface area contributed by atoms with Crippen molar-refractivity contribution in [3.8, 4) is 5.75 Å². The van der Waals surface area contributed by atoms with Crippen molar-refractivity contribution in [3.05, 3.63) is 29.8 Å². The van der Waals surface area contributed by atoms with Gasteiger partial charge in [-0.1, -0.05) is 17.7 Å². The van der Waals surface area contributed by atoms with Crippen LogP contribution in [-0.4, -0.2) is 19.8 Å². The molecule has 0 bridgehead atoms. The number of ether oxygens (including phenoxy) is 2. The molecule has 82 valence electrons. The van der Waals surface area contributed by atoms with Crippen molar-refractivity contribution < 1.29 is 9.47 Å². The third-order valence-corrected chi connectivity index (χ3v) is 2.85. The van der Waals surface area contributed by atoms with E-state index in [0.29, 0.717) is 5.92 Å². The molecule has 0 saturated carbocycles. The van der Waals surface area contributed by atoms with E-state index in [-0.39, 0.29) is 0 Å². The van der Waals surface area contributed by atoms with E-state index in [1.807, 2.05) is 12.1 Å². The van der Waals surface area contributed by atoms with Crippen LogP contribution in [0.1, 0.15) is 18.4 Å². The van der Waals surface area contributed by atoms with Gasteiger partial charge in [0, 0.05) is 13.2 Å². The molecule has 0 N–H and O–H groups in total. The standard InChI is InChI=1S/C13H18O2/c1-11-2-4-13(5-3-11)15-10-12-6-8-14-9-7-12/h2-5,12H,6-10H2,1H3. The van der Waals surface area contributed by atoms with Gasteiger partial charge in [-0.25, -0.2) is 0 Å². The molecule has 0 aromatic heterocycles. The van der Waals surface area contributed by atoms with Crippen LogP contribution in [0, 0.1) is 12.8 Å². The Hall–Kier alpha value is -1.02. The highest BCUT2D eigenvalue weighted by Crippen LogP contribution is 2.18. The molecule has 1 aliphatic rings. The average molecular weight is 206 g/mol. The van der Waals surface area contributed by atoms with Gasteiger partial charge in [0.05, 0.1) is 6.61 Å². The van der Waals surface area contributed by atoms with E-state index in [0.717, 1.165) is 38.4 Å². The maximum atomic E-state index is 5.74. The van der Waals surface area contributed by atoms with Gasteiger partial charge >= 0.3 is 0 Å². The lowest BCUT2D eigenvalue weighted by Gasteiger charge is -2.22. The van der Waals surface area contributed by atoms with Crippen LogP contribution in [0.4, 0.5) is 0 Å². The minimum Gasteiger partial charge on any atom is -0.493 e. The summed E-state index contributed by atoms with van der Waals surface area (Å²) < 4.78 is 11.1. The second kappa shape index (κ2) is 5.17. The Balaban J connectivity index is 1.79. The maximum Gasteiger partial charge on any atom is 0.119 e. The normalized spacial score (nSPS) is 17.7. The van der Waals surface area contributed by atoms with E-state index in [9.17, 15) is 0 Å². The van der Waals surface area contributed by atoms with Crippen molar-refractivity contribution in [3.63, 3.8) is 0 Å². The van der Waals surface area contributed by atoms with Gasteiger partial charge in [0.1, 0.15) is 5.75 Å². The van der Waals surface area contributed by atoms with Gasteiger partial charge in [0.15, 0.2) is 0 Å². The number of benzene rings is 1. The largest absolute Gasteiger partial charge is 0.493 e. The molecule has 0 aliphatic carbocycles. The summed E-state index contributed by atoms with van der Waals surface area (Å²) >= 11 is 0. The van der Waals surface area contributed by atoms with Crippen molar-refractivity contribution in [2.45, 2.75) is 19.8 Å². The van der Waals surface area contributed by atoms with Crippen molar-refractivity contribution in [2.24, 2.45) is 5.92 Å². The van der Waals surface area contributed by atoms with Crippen LogP contribution in [0.15, 0.2) is 24.3 Å². The first-order valence-corrected chi connectivity index (χ1v) is 5.62. The fourth-order valence-corrected chi connectivity index (χ4v) is 1.76. The molecule has 0 atom stereocenters. The van der Waals surface area contributed by atoms with E-state index in [1.54, 1.807) is 0 Å². The first-order chi connectivity index (χ1) is 7.34. The summed E-state index contributed by atoms with van der Waals surface area (Å²) in [5.41, 5.74) is 1.27. The van der Waals surface area contributed by atoms with E-state index in [2.05, 4.69) is 19.1 Å².